The molecule has 4 rings (SSSR count). The Morgan fingerprint density at radius 1 is 1.11 bits per heavy atom. The molecule has 200 valence electrons. The first kappa shape index (κ1) is 27.3. The Balaban J connectivity index is 1.59. The molecular weight excluding hydrogens is 485 g/mol. The summed E-state index contributed by atoms with van der Waals surface area (Å²) in [4.78, 5) is 28.4. The van der Waals surface area contributed by atoms with Crippen molar-refractivity contribution in [1.29, 1.82) is 0 Å². The molecule has 1 aliphatic heterocycles. The summed E-state index contributed by atoms with van der Waals surface area (Å²) in [6, 6.07) is 20.5. The SMILES string of the molecule is COc1cccc(C2CN(Cc3ccc([N+](=O)[O-])cc3)CC2CN(CC(C)C)C(=O)c2ccc(F)cc2)c1. The van der Waals surface area contributed by atoms with Crippen LogP contribution in [-0.2, 0) is 6.54 Å². The lowest BCUT2D eigenvalue weighted by atomic mass is 9.88. The van der Waals surface area contributed by atoms with E-state index >= 15 is 0 Å². The van der Waals surface area contributed by atoms with E-state index in [2.05, 4.69) is 30.9 Å². The molecule has 1 aliphatic rings. The number of nitro benzene ring substituents is 1. The average molecular weight is 520 g/mol. The number of nitro groups is 1. The zero-order valence-corrected chi connectivity index (χ0v) is 22.0. The number of rotatable bonds is 10. The lowest BCUT2D eigenvalue weighted by Gasteiger charge is -2.30. The van der Waals surface area contributed by atoms with Crippen LogP contribution in [0, 0.1) is 27.8 Å². The van der Waals surface area contributed by atoms with Crippen molar-refractivity contribution in [3.05, 3.63) is 105 Å². The molecule has 2 unspecified atom stereocenters. The highest BCUT2D eigenvalue weighted by Gasteiger charge is 2.36. The number of ether oxygens (including phenoxy) is 1. The fourth-order valence-electron chi connectivity index (χ4n) is 5.24. The van der Waals surface area contributed by atoms with Crippen LogP contribution in [0.15, 0.2) is 72.8 Å². The minimum atomic E-state index is -0.393. The Morgan fingerprint density at radius 3 is 2.45 bits per heavy atom. The van der Waals surface area contributed by atoms with Crippen LogP contribution in [-0.4, -0.2) is 53.9 Å². The maximum Gasteiger partial charge on any atom is 0.269 e. The fraction of sp³-hybridized carbons (Fsp3) is 0.367. The fourth-order valence-corrected chi connectivity index (χ4v) is 5.24. The molecule has 0 aliphatic carbocycles. The van der Waals surface area contributed by atoms with Crippen LogP contribution in [0.25, 0.3) is 0 Å². The minimum absolute atomic E-state index is 0.0749. The van der Waals surface area contributed by atoms with Gasteiger partial charge in [-0.1, -0.05) is 38.1 Å². The lowest BCUT2D eigenvalue weighted by Crippen LogP contribution is -2.39. The predicted octanol–water partition coefficient (Wildman–Crippen LogP) is 5.76. The van der Waals surface area contributed by atoms with Gasteiger partial charge in [0.2, 0.25) is 0 Å². The Morgan fingerprint density at radius 2 is 1.82 bits per heavy atom. The number of hydrogen-bond acceptors (Lipinski definition) is 5. The molecule has 0 saturated carbocycles. The van der Waals surface area contributed by atoms with E-state index in [1.54, 1.807) is 31.4 Å². The summed E-state index contributed by atoms with van der Waals surface area (Å²) in [5.41, 5.74) is 2.71. The zero-order chi connectivity index (χ0) is 27.2. The van der Waals surface area contributed by atoms with Crippen molar-refractivity contribution in [3.63, 3.8) is 0 Å². The predicted molar refractivity (Wildman–Crippen MR) is 145 cm³/mol. The summed E-state index contributed by atoms with van der Waals surface area (Å²) in [5, 5.41) is 11.0. The molecule has 2 atom stereocenters. The van der Waals surface area contributed by atoms with E-state index in [0.717, 1.165) is 30.0 Å². The molecule has 8 heteroatoms. The van der Waals surface area contributed by atoms with E-state index in [-0.39, 0.29) is 35.2 Å². The first-order valence-corrected chi connectivity index (χ1v) is 12.9. The van der Waals surface area contributed by atoms with E-state index in [1.807, 2.05) is 17.0 Å². The Bertz CT molecular complexity index is 1250. The van der Waals surface area contributed by atoms with Crippen molar-refractivity contribution in [1.82, 2.24) is 9.80 Å². The van der Waals surface area contributed by atoms with Crippen LogP contribution in [0.1, 0.15) is 41.3 Å². The molecule has 0 aromatic heterocycles. The van der Waals surface area contributed by atoms with Gasteiger partial charge in [0.05, 0.1) is 12.0 Å². The third-order valence-corrected chi connectivity index (χ3v) is 7.01. The minimum Gasteiger partial charge on any atom is -0.497 e. The van der Waals surface area contributed by atoms with Gasteiger partial charge in [-0.05, 0) is 59.4 Å². The van der Waals surface area contributed by atoms with Crippen LogP contribution in [0.4, 0.5) is 10.1 Å². The van der Waals surface area contributed by atoms with Gasteiger partial charge in [-0.3, -0.25) is 19.8 Å². The molecule has 0 bridgehead atoms. The lowest BCUT2D eigenvalue weighted by molar-refractivity contribution is -0.384. The maximum atomic E-state index is 13.5. The molecule has 7 nitrogen and oxygen atoms in total. The van der Waals surface area contributed by atoms with Gasteiger partial charge in [0, 0.05) is 56.3 Å². The Labute approximate surface area is 223 Å². The van der Waals surface area contributed by atoms with Crippen molar-refractivity contribution in [2.24, 2.45) is 11.8 Å². The molecule has 3 aromatic rings. The number of carbonyl (C=O) groups is 1. The van der Waals surface area contributed by atoms with Gasteiger partial charge in [0.15, 0.2) is 0 Å². The van der Waals surface area contributed by atoms with Crippen LogP contribution in [0.5, 0.6) is 5.75 Å². The van der Waals surface area contributed by atoms with Gasteiger partial charge in [-0.2, -0.15) is 0 Å². The summed E-state index contributed by atoms with van der Waals surface area (Å²) < 4.78 is 19.0. The van der Waals surface area contributed by atoms with Crippen LogP contribution < -0.4 is 4.74 Å². The largest absolute Gasteiger partial charge is 0.497 e. The molecule has 1 heterocycles. The highest BCUT2D eigenvalue weighted by atomic mass is 19.1. The molecular formula is C30H34FN3O4. The van der Waals surface area contributed by atoms with Gasteiger partial charge in [-0.15, -0.1) is 0 Å². The smallest absolute Gasteiger partial charge is 0.269 e. The van der Waals surface area contributed by atoms with Crippen LogP contribution >= 0.6 is 0 Å². The number of benzene rings is 3. The number of hydrogen-bond donors (Lipinski definition) is 0. The first-order chi connectivity index (χ1) is 18.2. The number of methoxy groups -OCH3 is 1. The molecule has 0 N–H and O–H groups in total. The maximum absolute atomic E-state index is 13.5. The molecule has 1 amide bonds. The van der Waals surface area contributed by atoms with Crippen LogP contribution in [0.2, 0.25) is 0 Å². The summed E-state index contributed by atoms with van der Waals surface area (Å²) in [7, 11) is 1.65. The van der Waals surface area contributed by atoms with Gasteiger partial charge in [0.1, 0.15) is 11.6 Å². The first-order valence-electron chi connectivity index (χ1n) is 12.9. The highest BCUT2D eigenvalue weighted by molar-refractivity contribution is 5.94. The van der Waals surface area contributed by atoms with E-state index < -0.39 is 4.92 Å². The number of nitrogens with zero attached hydrogens (tertiary/aromatic N) is 3. The van der Waals surface area contributed by atoms with Gasteiger partial charge in [0.25, 0.3) is 11.6 Å². The Hall–Kier alpha value is -3.78. The number of halogens is 1. The van der Waals surface area contributed by atoms with E-state index in [9.17, 15) is 19.3 Å². The number of carbonyl (C=O) groups excluding carboxylic acids is 1. The van der Waals surface area contributed by atoms with Gasteiger partial charge >= 0.3 is 0 Å². The average Bonchev–Trinajstić information content (AvgIpc) is 3.30. The quantitative estimate of drug-likeness (QED) is 0.252. The van der Waals surface area contributed by atoms with E-state index in [4.69, 9.17) is 4.74 Å². The third kappa shape index (κ3) is 6.75. The molecule has 3 aromatic carbocycles. The van der Waals surface area contributed by atoms with Crippen molar-refractivity contribution in [2.45, 2.75) is 26.3 Å². The number of likely N-dealkylation sites (tertiary alicyclic amines) is 1. The van der Waals surface area contributed by atoms with Gasteiger partial charge < -0.3 is 9.64 Å². The number of amides is 1. The normalized spacial score (nSPS) is 17.5. The summed E-state index contributed by atoms with van der Waals surface area (Å²) in [6.45, 7) is 7.54. The second-order valence-electron chi connectivity index (χ2n) is 10.4. The Kier molecular flexibility index (Phi) is 8.73. The third-order valence-electron chi connectivity index (χ3n) is 7.01. The summed E-state index contributed by atoms with van der Waals surface area (Å²) in [6.07, 6.45) is 0. The molecule has 38 heavy (non-hydrogen) atoms. The van der Waals surface area contributed by atoms with E-state index in [0.29, 0.717) is 25.2 Å². The number of non-ortho nitro benzene ring substituents is 1. The second kappa shape index (κ2) is 12.2. The zero-order valence-electron chi connectivity index (χ0n) is 22.0. The van der Waals surface area contributed by atoms with Gasteiger partial charge in [-0.25, -0.2) is 4.39 Å². The second-order valence-corrected chi connectivity index (χ2v) is 10.4. The summed E-state index contributed by atoms with van der Waals surface area (Å²) >= 11 is 0. The van der Waals surface area contributed by atoms with Crippen molar-refractivity contribution in [2.75, 3.05) is 33.3 Å². The van der Waals surface area contributed by atoms with Crippen molar-refractivity contribution in [3.8, 4) is 5.75 Å². The monoisotopic (exact) mass is 519 g/mol. The van der Waals surface area contributed by atoms with Crippen molar-refractivity contribution >= 4 is 11.6 Å². The topological polar surface area (TPSA) is 75.9 Å². The standard InChI is InChI=1S/C30H34FN3O4/c1-21(2)16-33(30(35)23-9-11-26(31)12-10-23)19-25-18-32(17-22-7-13-27(14-8-22)34(36)37)20-29(25)24-5-4-6-28(15-24)38-3/h4-15,21,25,29H,16-20H2,1-3H3. The van der Waals surface area contributed by atoms with Crippen LogP contribution in [0.3, 0.4) is 0 Å². The molecule has 0 radical (unpaired) electrons. The molecule has 1 saturated heterocycles. The summed E-state index contributed by atoms with van der Waals surface area (Å²) in [5.74, 6) is 0.913. The highest BCUT2D eigenvalue weighted by Crippen LogP contribution is 2.36. The molecule has 1 fully saturated rings. The van der Waals surface area contributed by atoms with Crippen molar-refractivity contribution < 1.29 is 18.8 Å². The van der Waals surface area contributed by atoms with E-state index in [1.165, 1.54) is 24.3 Å². The molecule has 0 spiro atoms.